The Morgan fingerprint density at radius 1 is 1.36 bits per heavy atom. The van der Waals surface area contributed by atoms with E-state index in [1.807, 2.05) is 57.4 Å². The van der Waals surface area contributed by atoms with Crippen molar-refractivity contribution in [2.75, 3.05) is 6.54 Å². The summed E-state index contributed by atoms with van der Waals surface area (Å²) in [5.74, 6) is 0. The molecule has 118 valence electrons. The molecule has 0 radical (unpaired) electrons. The number of ether oxygens (including phenoxy) is 1. The second kappa shape index (κ2) is 6.96. The van der Waals surface area contributed by atoms with Gasteiger partial charge in [0.15, 0.2) is 0 Å². The van der Waals surface area contributed by atoms with Crippen molar-refractivity contribution in [3.8, 4) is 11.1 Å². The van der Waals surface area contributed by atoms with Gasteiger partial charge in [0.1, 0.15) is 5.60 Å². The summed E-state index contributed by atoms with van der Waals surface area (Å²) in [6, 6.07) is 8.05. The van der Waals surface area contributed by atoms with Crippen LogP contribution < -0.4 is 5.32 Å². The molecule has 1 aromatic heterocycles. The molecule has 0 saturated carbocycles. The van der Waals surface area contributed by atoms with Crippen LogP contribution in [0.1, 0.15) is 20.8 Å². The first-order valence-corrected chi connectivity index (χ1v) is 7.88. The molecule has 0 atom stereocenters. The molecule has 2 rings (SSSR count). The molecule has 0 aliphatic carbocycles. The van der Waals surface area contributed by atoms with Crippen molar-refractivity contribution < 1.29 is 9.53 Å². The Labute approximate surface area is 138 Å². The van der Waals surface area contributed by atoms with Gasteiger partial charge in [-0.1, -0.05) is 28.1 Å². The van der Waals surface area contributed by atoms with Gasteiger partial charge in [-0.15, -0.1) is 0 Å². The van der Waals surface area contributed by atoms with Crippen LogP contribution in [0.2, 0.25) is 0 Å². The maximum absolute atomic E-state index is 11.5. The highest BCUT2D eigenvalue weighted by Gasteiger charge is 2.15. The number of hydrogen-bond donors (Lipinski definition) is 1. The van der Waals surface area contributed by atoms with Gasteiger partial charge >= 0.3 is 6.09 Å². The van der Waals surface area contributed by atoms with Crippen LogP contribution in [0.25, 0.3) is 11.1 Å². The van der Waals surface area contributed by atoms with Crippen LogP contribution in [0.3, 0.4) is 0 Å². The van der Waals surface area contributed by atoms with Gasteiger partial charge in [-0.2, -0.15) is 5.10 Å². The molecular weight excluding hydrogens is 346 g/mol. The standard InChI is InChI=1S/C16H20BrN3O2/c1-16(2,3)22-15(21)18-7-8-20-11-13(10-19-20)12-5-4-6-14(17)9-12/h4-6,9-11H,7-8H2,1-3H3,(H,18,21). The number of hydrogen-bond acceptors (Lipinski definition) is 3. The van der Waals surface area contributed by atoms with E-state index in [1.165, 1.54) is 0 Å². The molecule has 0 fully saturated rings. The van der Waals surface area contributed by atoms with Crippen LogP contribution in [0, 0.1) is 0 Å². The topological polar surface area (TPSA) is 56.1 Å². The van der Waals surface area contributed by atoms with Crippen molar-refractivity contribution in [3.05, 3.63) is 41.1 Å². The first kappa shape index (κ1) is 16.5. The van der Waals surface area contributed by atoms with Crippen molar-refractivity contribution in [3.63, 3.8) is 0 Å². The number of aromatic nitrogens is 2. The zero-order valence-corrected chi connectivity index (χ0v) is 14.6. The van der Waals surface area contributed by atoms with Crippen LogP contribution in [0.4, 0.5) is 4.79 Å². The van der Waals surface area contributed by atoms with E-state index in [0.29, 0.717) is 13.1 Å². The van der Waals surface area contributed by atoms with Crippen molar-refractivity contribution in [2.24, 2.45) is 0 Å². The van der Waals surface area contributed by atoms with E-state index in [4.69, 9.17) is 4.74 Å². The molecule has 0 saturated heterocycles. The van der Waals surface area contributed by atoms with E-state index in [-0.39, 0.29) is 0 Å². The fraction of sp³-hybridized carbons (Fsp3) is 0.375. The molecule has 0 aliphatic rings. The van der Waals surface area contributed by atoms with Crippen LogP contribution in [0.15, 0.2) is 41.1 Å². The van der Waals surface area contributed by atoms with Crippen molar-refractivity contribution in [1.82, 2.24) is 15.1 Å². The summed E-state index contributed by atoms with van der Waals surface area (Å²) in [6.07, 6.45) is 3.36. The van der Waals surface area contributed by atoms with Gasteiger partial charge in [-0.3, -0.25) is 4.68 Å². The summed E-state index contributed by atoms with van der Waals surface area (Å²) in [4.78, 5) is 11.5. The first-order valence-electron chi connectivity index (χ1n) is 7.09. The number of carbonyl (C=O) groups excluding carboxylic acids is 1. The minimum absolute atomic E-state index is 0.410. The first-order chi connectivity index (χ1) is 10.3. The van der Waals surface area contributed by atoms with Crippen LogP contribution in [0.5, 0.6) is 0 Å². The van der Waals surface area contributed by atoms with Crippen molar-refractivity contribution in [2.45, 2.75) is 32.9 Å². The van der Waals surface area contributed by atoms with Gasteiger partial charge in [-0.05, 0) is 38.5 Å². The molecule has 5 nitrogen and oxygen atoms in total. The highest BCUT2D eigenvalue weighted by molar-refractivity contribution is 9.10. The molecule has 0 aliphatic heterocycles. The molecule has 0 bridgehead atoms. The fourth-order valence-corrected chi connectivity index (χ4v) is 2.29. The monoisotopic (exact) mass is 365 g/mol. The Morgan fingerprint density at radius 2 is 2.14 bits per heavy atom. The highest BCUT2D eigenvalue weighted by Crippen LogP contribution is 2.22. The van der Waals surface area contributed by atoms with Crippen molar-refractivity contribution >= 4 is 22.0 Å². The predicted octanol–water partition coefficient (Wildman–Crippen LogP) is 3.84. The lowest BCUT2D eigenvalue weighted by Gasteiger charge is -2.19. The van der Waals surface area contributed by atoms with E-state index in [2.05, 4.69) is 26.3 Å². The van der Waals surface area contributed by atoms with Gasteiger partial charge in [0.25, 0.3) is 0 Å². The van der Waals surface area contributed by atoms with E-state index in [0.717, 1.165) is 15.6 Å². The number of carbonyl (C=O) groups is 1. The number of nitrogens with zero attached hydrogens (tertiary/aromatic N) is 2. The number of halogens is 1. The fourth-order valence-electron chi connectivity index (χ4n) is 1.89. The quantitative estimate of drug-likeness (QED) is 0.895. The second-order valence-electron chi connectivity index (χ2n) is 5.93. The van der Waals surface area contributed by atoms with E-state index in [1.54, 1.807) is 4.68 Å². The summed E-state index contributed by atoms with van der Waals surface area (Å²) >= 11 is 3.46. The Bertz CT molecular complexity index is 647. The molecule has 1 aromatic carbocycles. The lowest BCUT2D eigenvalue weighted by atomic mass is 10.1. The second-order valence-corrected chi connectivity index (χ2v) is 6.85. The molecule has 1 N–H and O–H groups in total. The number of rotatable bonds is 4. The lowest BCUT2D eigenvalue weighted by molar-refractivity contribution is 0.0525. The Hall–Kier alpha value is -1.82. The van der Waals surface area contributed by atoms with Gasteiger partial charge in [0, 0.05) is 22.8 Å². The summed E-state index contributed by atoms with van der Waals surface area (Å²) < 4.78 is 8.01. The van der Waals surface area contributed by atoms with Crippen LogP contribution >= 0.6 is 15.9 Å². The third-order valence-corrected chi connectivity index (χ3v) is 3.29. The molecule has 1 heterocycles. The summed E-state index contributed by atoms with van der Waals surface area (Å²) in [6.45, 7) is 6.57. The van der Waals surface area contributed by atoms with Gasteiger partial charge in [-0.25, -0.2) is 4.79 Å². The Balaban J connectivity index is 1.87. The number of benzene rings is 1. The van der Waals surface area contributed by atoms with Gasteiger partial charge < -0.3 is 10.1 Å². The number of amides is 1. The van der Waals surface area contributed by atoms with Gasteiger partial charge in [0.2, 0.25) is 0 Å². The van der Waals surface area contributed by atoms with E-state index >= 15 is 0 Å². The Morgan fingerprint density at radius 3 is 2.82 bits per heavy atom. The van der Waals surface area contributed by atoms with Gasteiger partial charge in [0.05, 0.1) is 12.7 Å². The largest absolute Gasteiger partial charge is 0.444 e. The average Bonchev–Trinajstić information content (AvgIpc) is 2.85. The lowest BCUT2D eigenvalue weighted by Crippen LogP contribution is -2.34. The summed E-state index contributed by atoms with van der Waals surface area (Å²) in [5, 5.41) is 7.02. The van der Waals surface area contributed by atoms with Crippen LogP contribution in [-0.2, 0) is 11.3 Å². The van der Waals surface area contributed by atoms with E-state index < -0.39 is 11.7 Å². The molecule has 6 heteroatoms. The smallest absolute Gasteiger partial charge is 0.407 e. The maximum Gasteiger partial charge on any atom is 0.407 e. The van der Waals surface area contributed by atoms with Crippen molar-refractivity contribution in [1.29, 1.82) is 0 Å². The zero-order valence-electron chi connectivity index (χ0n) is 13.0. The molecule has 0 unspecified atom stereocenters. The van der Waals surface area contributed by atoms with E-state index in [9.17, 15) is 4.79 Å². The summed E-state index contributed by atoms with van der Waals surface area (Å²) in [5.41, 5.74) is 1.66. The minimum atomic E-state index is -0.482. The molecule has 2 aromatic rings. The molecular formula is C16H20BrN3O2. The highest BCUT2D eigenvalue weighted by atomic mass is 79.9. The Kier molecular flexibility index (Phi) is 5.24. The molecule has 0 spiro atoms. The SMILES string of the molecule is CC(C)(C)OC(=O)NCCn1cc(-c2cccc(Br)c2)cn1. The third kappa shape index (κ3) is 5.18. The van der Waals surface area contributed by atoms with Crippen LogP contribution in [-0.4, -0.2) is 28.0 Å². The predicted molar refractivity (Wildman–Crippen MR) is 89.6 cm³/mol. The minimum Gasteiger partial charge on any atom is -0.444 e. The molecule has 1 amide bonds. The number of nitrogens with one attached hydrogen (secondary N) is 1. The summed E-state index contributed by atoms with van der Waals surface area (Å²) in [7, 11) is 0. The average molecular weight is 366 g/mol. The normalized spacial score (nSPS) is 11.3. The zero-order chi connectivity index (χ0) is 16.2. The third-order valence-electron chi connectivity index (χ3n) is 2.80. The number of alkyl carbamates (subject to hydrolysis) is 1. The molecule has 22 heavy (non-hydrogen) atoms. The maximum atomic E-state index is 11.5.